The maximum absolute atomic E-state index is 13.8. The number of H-pyrrole nitrogens is 1. The summed E-state index contributed by atoms with van der Waals surface area (Å²) >= 11 is 0. The first-order valence-corrected chi connectivity index (χ1v) is 8.81. The van der Waals surface area contributed by atoms with Crippen LogP contribution in [0.1, 0.15) is 18.5 Å². The molecule has 0 aliphatic rings. The highest BCUT2D eigenvalue weighted by Crippen LogP contribution is 2.29. The van der Waals surface area contributed by atoms with E-state index in [9.17, 15) is 13.2 Å². The van der Waals surface area contributed by atoms with E-state index in [-0.39, 0.29) is 5.75 Å². The summed E-state index contributed by atoms with van der Waals surface area (Å²) in [7, 11) is 0. The Morgan fingerprint density at radius 1 is 1.24 bits per heavy atom. The van der Waals surface area contributed by atoms with Crippen molar-refractivity contribution in [2.45, 2.75) is 19.4 Å². The van der Waals surface area contributed by atoms with Gasteiger partial charge in [-0.2, -0.15) is 10.2 Å². The molecule has 3 heterocycles. The quantitative estimate of drug-likeness (QED) is 0.487. The number of benzene rings is 1. The highest BCUT2D eigenvalue weighted by molar-refractivity contribution is 5.76. The zero-order valence-corrected chi connectivity index (χ0v) is 15.3. The van der Waals surface area contributed by atoms with Crippen molar-refractivity contribution < 1.29 is 17.9 Å². The number of fused-ring (bicyclic) bond motifs is 1. The van der Waals surface area contributed by atoms with Crippen LogP contribution in [0, 0.1) is 5.82 Å². The summed E-state index contributed by atoms with van der Waals surface area (Å²) in [5.41, 5.74) is 2.65. The Morgan fingerprint density at radius 3 is 2.86 bits per heavy atom. The maximum Gasteiger partial charge on any atom is 0.272 e. The summed E-state index contributed by atoms with van der Waals surface area (Å²) in [4.78, 5) is 4.58. The Kier molecular flexibility index (Phi) is 5.07. The Labute approximate surface area is 163 Å². The summed E-state index contributed by atoms with van der Waals surface area (Å²) in [6.45, 7) is 1.00. The van der Waals surface area contributed by atoms with E-state index < -0.39 is 24.9 Å². The van der Waals surface area contributed by atoms with E-state index in [1.54, 1.807) is 42.3 Å². The van der Waals surface area contributed by atoms with Crippen LogP contribution in [-0.2, 0) is 0 Å². The molecule has 0 radical (unpaired) electrons. The topological polar surface area (TPSA) is 80.1 Å². The number of alkyl halides is 2. The molecule has 0 saturated carbocycles. The van der Waals surface area contributed by atoms with Gasteiger partial charge in [0.25, 0.3) is 6.43 Å². The fourth-order valence-electron chi connectivity index (χ4n) is 2.99. The van der Waals surface area contributed by atoms with E-state index in [4.69, 9.17) is 4.74 Å². The van der Waals surface area contributed by atoms with Crippen LogP contribution in [0.15, 0.2) is 49.1 Å². The molecule has 0 aliphatic carbocycles. The number of nitrogens with zero attached hydrogens (tertiary/aromatic N) is 4. The molecule has 29 heavy (non-hydrogen) atoms. The van der Waals surface area contributed by atoms with Crippen molar-refractivity contribution in [2.24, 2.45) is 0 Å². The largest absolute Gasteiger partial charge is 0.487 e. The molecule has 7 nitrogen and oxygen atoms in total. The van der Waals surface area contributed by atoms with Gasteiger partial charge in [-0.3, -0.25) is 5.10 Å². The molecule has 2 N–H and O–H groups in total. The minimum atomic E-state index is -2.62. The Balaban J connectivity index is 1.61. The Morgan fingerprint density at radius 2 is 2.10 bits per heavy atom. The number of hydrogen-bond acceptors (Lipinski definition) is 5. The molecular weight excluding hydrogens is 385 g/mol. The first-order chi connectivity index (χ1) is 14.0. The van der Waals surface area contributed by atoms with Gasteiger partial charge in [0.05, 0.1) is 18.4 Å². The zero-order chi connectivity index (χ0) is 20.4. The minimum absolute atomic E-state index is 0.191. The number of hydrogen-bond donors (Lipinski definition) is 2. The molecule has 150 valence electrons. The van der Waals surface area contributed by atoms with Crippen LogP contribution in [0.4, 0.5) is 19.0 Å². The fourth-order valence-corrected chi connectivity index (χ4v) is 2.99. The van der Waals surface area contributed by atoms with Gasteiger partial charge in [0, 0.05) is 29.1 Å². The van der Waals surface area contributed by atoms with E-state index in [1.807, 2.05) is 0 Å². The van der Waals surface area contributed by atoms with Crippen LogP contribution in [-0.4, -0.2) is 37.8 Å². The van der Waals surface area contributed by atoms with E-state index in [0.29, 0.717) is 17.0 Å². The second kappa shape index (κ2) is 7.82. The van der Waals surface area contributed by atoms with Crippen LogP contribution in [0.25, 0.3) is 16.8 Å². The third-order valence-corrected chi connectivity index (χ3v) is 4.35. The third-order valence-electron chi connectivity index (χ3n) is 4.35. The molecule has 1 atom stereocenters. The Bertz CT molecular complexity index is 1110. The highest BCUT2D eigenvalue weighted by atomic mass is 19.3. The normalized spacial score (nSPS) is 12.4. The van der Waals surface area contributed by atoms with Crippen molar-refractivity contribution in [2.75, 3.05) is 11.9 Å². The number of nitrogens with one attached hydrogen (secondary N) is 2. The van der Waals surface area contributed by atoms with Gasteiger partial charge >= 0.3 is 0 Å². The molecule has 1 unspecified atom stereocenters. The number of aromatic amines is 1. The number of ether oxygens (including phenoxy) is 1. The lowest BCUT2D eigenvalue weighted by Gasteiger charge is -2.19. The van der Waals surface area contributed by atoms with E-state index in [0.717, 1.165) is 11.1 Å². The molecule has 0 bridgehead atoms. The van der Waals surface area contributed by atoms with Crippen molar-refractivity contribution in [3.8, 4) is 16.9 Å². The molecule has 0 amide bonds. The van der Waals surface area contributed by atoms with Gasteiger partial charge in [-0.25, -0.2) is 22.7 Å². The first kappa shape index (κ1) is 18.8. The van der Waals surface area contributed by atoms with Crippen LogP contribution < -0.4 is 10.1 Å². The first-order valence-electron chi connectivity index (χ1n) is 8.81. The highest BCUT2D eigenvalue weighted by Gasteiger charge is 2.16. The van der Waals surface area contributed by atoms with Gasteiger partial charge in [-0.1, -0.05) is 0 Å². The van der Waals surface area contributed by atoms with Crippen molar-refractivity contribution in [1.29, 1.82) is 0 Å². The van der Waals surface area contributed by atoms with E-state index in [2.05, 4.69) is 25.6 Å². The maximum atomic E-state index is 13.8. The predicted octanol–water partition coefficient (Wildman–Crippen LogP) is 4.08. The van der Waals surface area contributed by atoms with Crippen LogP contribution in [0.3, 0.4) is 0 Å². The number of halogens is 3. The van der Waals surface area contributed by atoms with Crippen molar-refractivity contribution >= 4 is 11.5 Å². The molecular formula is C19H17F3N6O. The van der Waals surface area contributed by atoms with Crippen molar-refractivity contribution in [3.63, 3.8) is 0 Å². The summed E-state index contributed by atoms with van der Waals surface area (Å²) in [5.74, 6) is 0.218. The molecule has 3 aromatic heterocycles. The third kappa shape index (κ3) is 4.00. The Hall–Kier alpha value is -3.56. The van der Waals surface area contributed by atoms with Gasteiger partial charge in [0.1, 0.15) is 24.0 Å². The number of rotatable bonds is 7. The average molecular weight is 402 g/mol. The average Bonchev–Trinajstić information content (AvgIpc) is 3.36. The minimum Gasteiger partial charge on any atom is -0.487 e. The lowest BCUT2D eigenvalue weighted by molar-refractivity contribution is 0.0813. The van der Waals surface area contributed by atoms with Gasteiger partial charge in [0.2, 0.25) is 0 Å². The van der Waals surface area contributed by atoms with Gasteiger partial charge < -0.3 is 10.1 Å². The van der Waals surface area contributed by atoms with E-state index in [1.165, 1.54) is 18.2 Å². The molecule has 4 rings (SSSR count). The molecule has 0 fully saturated rings. The molecule has 0 aliphatic heterocycles. The lowest BCUT2D eigenvalue weighted by atomic mass is 10.1. The standard InChI is InChI=1S/C19H17F3N6O/c1-11(14-6-13(20)2-3-16(14)29-10-17(21)22)26-18-4-5-28-19(27-18)15(9-25-28)12-7-23-24-8-12/h2-9,11,17H,10H2,1H3,(H,23,24)(H,26,27). The summed E-state index contributed by atoms with van der Waals surface area (Å²) < 4.78 is 45.5. The smallest absolute Gasteiger partial charge is 0.272 e. The molecule has 1 aromatic carbocycles. The zero-order valence-electron chi connectivity index (χ0n) is 15.3. The number of aromatic nitrogens is 5. The van der Waals surface area contributed by atoms with Gasteiger partial charge in [-0.15, -0.1) is 0 Å². The van der Waals surface area contributed by atoms with Crippen LogP contribution in [0.2, 0.25) is 0 Å². The summed E-state index contributed by atoms with van der Waals surface area (Å²) in [6.07, 6.45) is 4.20. The monoisotopic (exact) mass is 402 g/mol. The summed E-state index contributed by atoms with van der Waals surface area (Å²) in [5, 5.41) is 14.1. The fraction of sp³-hybridized carbons (Fsp3) is 0.211. The molecule has 0 saturated heterocycles. The van der Waals surface area contributed by atoms with Crippen molar-refractivity contribution in [1.82, 2.24) is 24.8 Å². The molecule has 4 aromatic rings. The second-order valence-electron chi connectivity index (χ2n) is 6.38. The predicted molar refractivity (Wildman–Crippen MR) is 101 cm³/mol. The van der Waals surface area contributed by atoms with Gasteiger partial charge in [0.15, 0.2) is 5.65 Å². The second-order valence-corrected chi connectivity index (χ2v) is 6.38. The van der Waals surface area contributed by atoms with Crippen LogP contribution >= 0.6 is 0 Å². The lowest BCUT2D eigenvalue weighted by Crippen LogP contribution is -2.13. The molecule has 10 heteroatoms. The summed E-state index contributed by atoms with van der Waals surface area (Å²) in [6, 6.07) is 5.04. The SMILES string of the molecule is CC(Nc1ccn2ncc(-c3cn[nH]c3)c2n1)c1cc(F)ccc1OCC(F)F. The molecule has 0 spiro atoms. The van der Waals surface area contributed by atoms with Crippen LogP contribution in [0.5, 0.6) is 5.75 Å². The van der Waals surface area contributed by atoms with E-state index >= 15 is 0 Å². The van der Waals surface area contributed by atoms with Crippen molar-refractivity contribution in [3.05, 3.63) is 60.4 Å². The van der Waals surface area contributed by atoms with Gasteiger partial charge in [-0.05, 0) is 31.2 Å². The number of anilines is 1.